The highest BCUT2D eigenvalue weighted by Crippen LogP contribution is 2.48. The van der Waals surface area contributed by atoms with E-state index in [1.54, 1.807) is 0 Å². The van der Waals surface area contributed by atoms with Gasteiger partial charge in [-0.3, -0.25) is 9.59 Å². The van der Waals surface area contributed by atoms with Gasteiger partial charge in [0.2, 0.25) is 5.91 Å². The van der Waals surface area contributed by atoms with E-state index in [1.165, 1.54) is 12.8 Å². The molecule has 3 rings (SSSR count). The molecule has 112 valence electrons. The molecule has 0 aromatic carbocycles. The first kappa shape index (κ1) is 13.9. The van der Waals surface area contributed by atoms with Crippen LogP contribution in [0.1, 0.15) is 38.5 Å². The van der Waals surface area contributed by atoms with Gasteiger partial charge in [-0.2, -0.15) is 0 Å². The van der Waals surface area contributed by atoms with Gasteiger partial charge < -0.3 is 15.3 Å². The number of carbonyl (C=O) groups excluding carboxylic acids is 1. The molecule has 3 fully saturated rings. The molecule has 2 N–H and O–H groups in total. The van der Waals surface area contributed by atoms with Gasteiger partial charge in [-0.1, -0.05) is 0 Å². The van der Waals surface area contributed by atoms with Crippen molar-refractivity contribution in [1.82, 2.24) is 10.2 Å². The molecule has 5 heteroatoms. The van der Waals surface area contributed by atoms with E-state index < -0.39 is 5.97 Å². The molecule has 1 heterocycles. The molecule has 1 saturated heterocycles. The Morgan fingerprint density at radius 2 is 1.85 bits per heavy atom. The third-order valence-electron chi connectivity index (χ3n) is 5.38. The van der Waals surface area contributed by atoms with Crippen molar-refractivity contribution in [2.45, 2.75) is 44.6 Å². The van der Waals surface area contributed by atoms with Crippen LogP contribution in [0.5, 0.6) is 0 Å². The van der Waals surface area contributed by atoms with E-state index in [1.807, 2.05) is 0 Å². The van der Waals surface area contributed by atoms with Crippen molar-refractivity contribution >= 4 is 11.9 Å². The Morgan fingerprint density at radius 3 is 2.55 bits per heavy atom. The Kier molecular flexibility index (Phi) is 3.96. The highest BCUT2D eigenvalue weighted by molar-refractivity contribution is 5.79. The van der Waals surface area contributed by atoms with Gasteiger partial charge in [0, 0.05) is 19.0 Å². The topological polar surface area (TPSA) is 69.6 Å². The molecule has 4 atom stereocenters. The Balaban J connectivity index is 1.51. The van der Waals surface area contributed by atoms with E-state index in [-0.39, 0.29) is 23.8 Å². The van der Waals surface area contributed by atoms with Gasteiger partial charge in [-0.15, -0.1) is 0 Å². The number of amides is 1. The summed E-state index contributed by atoms with van der Waals surface area (Å²) >= 11 is 0. The third-order valence-corrected chi connectivity index (χ3v) is 5.38. The molecule has 1 aliphatic heterocycles. The second-order valence-electron chi connectivity index (χ2n) is 6.59. The lowest BCUT2D eigenvalue weighted by atomic mass is 9.84. The molecule has 5 nitrogen and oxygen atoms in total. The summed E-state index contributed by atoms with van der Waals surface area (Å²) in [6, 6.07) is -0.127. The number of carboxylic acid groups (broad SMARTS) is 1. The Morgan fingerprint density at radius 1 is 1.15 bits per heavy atom. The number of nitrogens with one attached hydrogen (secondary N) is 1. The number of carboxylic acids is 1. The number of hydrogen-bond acceptors (Lipinski definition) is 3. The van der Waals surface area contributed by atoms with Crippen molar-refractivity contribution < 1.29 is 14.7 Å². The van der Waals surface area contributed by atoms with E-state index in [0.717, 1.165) is 38.9 Å². The minimum Gasteiger partial charge on any atom is -0.481 e. The number of fused-ring (bicyclic) bond motifs is 2. The first-order valence-corrected chi connectivity index (χ1v) is 7.89. The van der Waals surface area contributed by atoms with Crippen LogP contribution in [0.2, 0.25) is 0 Å². The number of nitrogens with zero attached hydrogens (tertiary/aromatic N) is 1. The van der Waals surface area contributed by atoms with Crippen molar-refractivity contribution in [2.24, 2.45) is 17.8 Å². The zero-order valence-corrected chi connectivity index (χ0v) is 11.9. The molecule has 20 heavy (non-hydrogen) atoms. The normalized spacial score (nSPS) is 36.4. The average Bonchev–Trinajstić information content (AvgIpc) is 3.12. The lowest BCUT2D eigenvalue weighted by Crippen LogP contribution is -2.47. The van der Waals surface area contributed by atoms with Gasteiger partial charge in [0.15, 0.2) is 0 Å². The number of aliphatic carboxylic acids is 1. The van der Waals surface area contributed by atoms with Crippen LogP contribution in [-0.4, -0.2) is 47.6 Å². The van der Waals surface area contributed by atoms with E-state index in [0.29, 0.717) is 12.3 Å². The monoisotopic (exact) mass is 280 g/mol. The highest BCUT2D eigenvalue weighted by Gasteiger charge is 2.51. The van der Waals surface area contributed by atoms with E-state index in [4.69, 9.17) is 0 Å². The van der Waals surface area contributed by atoms with E-state index in [2.05, 4.69) is 10.2 Å². The SMILES string of the molecule is O=C(CCN1CCCC1)NC1C2CCC(C2)C1C(=O)O. The maximum atomic E-state index is 12.1. The van der Waals surface area contributed by atoms with Gasteiger partial charge in [-0.05, 0) is 57.0 Å². The Labute approximate surface area is 119 Å². The van der Waals surface area contributed by atoms with Gasteiger partial charge in [0.25, 0.3) is 0 Å². The van der Waals surface area contributed by atoms with Crippen LogP contribution < -0.4 is 5.32 Å². The van der Waals surface area contributed by atoms with Crippen LogP contribution in [0.4, 0.5) is 0 Å². The van der Waals surface area contributed by atoms with E-state index in [9.17, 15) is 14.7 Å². The molecule has 0 radical (unpaired) electrons. The number of likely N-dealkylation sites (tertiary alicyclic amines) is 1. The maximum Gasteiger partial charge on any atom is 0.308 e. The summed E-state index contributed by atoms with van der Waals surface area (Å²) in [5, 5.41) is 12.4. The Hall–Kier alpha value is -1.10. The molecular formula is C15H24N2O3. The van der Waals surface area contributed by atoms with Crippen LogP contribution in [0.15, 0.2) is 0 Å². The molecule has 2 aliphatic carbocycles. The van der Waals surface area contributed by atoms with E-state index >= 15 is 0 Å². The van der Waals surface area contributed by atoms with Crippen LogP contribution in [0.3, 0.4) is 0 Å². The molecule has 2 saturated carbocycles. The lowest BCUT2D eigenvalue weighted by molar-refractivity contribution is -0.144. The largest absolute Gasteiger partial charge is 0.481 e. The van der Waals surface area contributed by atoms with Gasteiger partial charge in [-0.25, -0.2) is 0 Å². The molecule has 0 spiro atoms. The second kappa shape index (κ2) is 5.72. The fourth-order valence-corrected chi connectivity index (χ4v) is 4.38. The summed E-state index contributed by atoms with van der Waals surface area (Å²) in [5.74, 6) is -0.398. The lowest BCUT2D eigenvalue weighted by Gasteiger charge is -2.29. The molecular weight excluding hydrogens is 256 g/mol. The minimum absolute atomic E-state index is 0.0284. The zero-order chi connectivity index (χ0) is 14.1. The van der Waals surface area contributed by atoms with Crippen molar-refractivity contribution in [1.29, 1.82) is 0 Å². The predicted molar refractivity (Wildman–Crippen MR) is 74.2 cm³/mol. The van der Waals surface area contributed by atoms with Crippen molar-refractivity contribution in [2.75, 3.05) is 19.6 Å². The summed E-state index contributed by atoms with van der Waals surface area (Å²) in [5.41, 5.74) is 0. The first-order valence-electron chi connectivity index (χ1n) is 7.89. The molecule has 0 aromatic rings. The second-order valence-corrected chi connectivity index (χ2v) is 6.59. The smallest absolute Gasteiger partial charge is 0.308 e. The predicted octanol–water partition coefficient (Wildman–Crippen LogP) is 1.09. The standard InChI is InChI=1S/C15H24N2O3/c18-12(5-8-17-6-1-2-7-17)16-14-11-4-3-10(9-11)13(14)15(19)20/h10-11,13-14H,1-9H2,(H,16,18)(H,19,20). The molecule has 1 amide bonds. The summed E-state index contributed by atoms with van der Waals surface area (Å²) in [6.07, 6.45) is 6.03. The summed E-state index contributed by atoms with van der Waals surface area (Å²) < 4.78 is 0. The maximum absolute atomic E-state index is 12.1. The zero-order valence-electron chi connectivity index (χ0n) is 11.9. The summed E-state index contributed by atoms with van der Waals surface area (Å²) in [6.45, 7) is 3.00. The fraction of sp³-hybridized carbons (Fsp3) is 0.867. The van der Waals surface area contributed by atoms with Crippen molar-refractivity contribution in [3.05, 3.63) is 0 Å². The van der Waals surface area contributed by atoms with Crippen LogP contribution >= 0.6 is 0 Å². The van der Waals surface area contributed by atoms with Crippen LogP contribution in [0, 0.1) is 17.8 Å². The van der Waals surface area contributed by atoms with Gasteiger partial charge in [0.05, 0.1) is 5.92 Å². The Bertz CT molecular complexity index is 393. The molecule has 2 bridgehead atoms. The molecule has 0 aromatic heterocycles. The number of rotatable bonds is 5. The van der Waals surface area contributed by atoms with Gasteiger partial charge in [0.1, 0.15) is 0 Å². The van der Waals surface area contributed by atoms with Crippen molar-refractivity contribution in [3.63, 3.8) is 0 Å². The highest BCUT2D eigenvalue weighted by atomic mass is 16.4. The molecule has 4 unspecified atom stereocenters. The van der Waals surface area contributed by atoms with Crippen molar-refractivity contribution in [3.8, 4) is 0 Å². The average molecular weight is 280 g/mol. The summed E-state index contributed by atoms with van der Waals surface area (Å²) in [4.78, 5) is 25.8. The third kappa shape index (κ3) is 2.68. The molecule has 3 aliphatic rings. The quantitative estimate of drug-likeness (QED) is 0.791. The fourth-order valence-electron chi connectivity index (χ4n) is 4.38. The first-order chi connectivity index (χ1) is 9.65. The van der Waals surface area contributed by atoms with Crippen LogP contribution in [0.25, 0.3) is 0 Å². The summed E-state index contributed by atoms with van der Waals surface area (Å²) in [7, 11) is 0. The van der Waals surface area contributed by atoms with Crippen LogP contribution in [-0.2, 0) is 9.59 Å². The number of hydrogen-bond donors (Lipinski definition) is 2. The van der Waals surface area contributed by atoms with Gasteiger partial charge >= 0.3 is 5.97 Å². The minimum atomic E-state index is -0.734. The number of carbonyl (C=O) groups is 2.